The van der Waals surface area contributed by atoms with E-state index in [-0.39, 0.29) is 21.7 Å². The van der Waals surface area contributed by atoms with Crippen LogP contribution in [0.5, 0.6) is 0 Å². The number of fused-ring (bicyclic) bond motifs is 1. The summed E-state index contributed by atoms with van der Waals surface area (Å²) in [4.78, 5) is 27.7. The van der Waals surface area contributed by atoms with E-state index in [9.17, 15) is 30.0 Å². The first kappa shape index (κ1) is 20.4. The van der Waals surface area contributed by atoms with Gasteiger partial charge in [-0.3, -0.25) is 4.98 Å². The Morgan fingerprint density at radius 1 is 1.18 bits per heavy atom. The summed E-state index contributed by atoms with van der Waals surface area (Å²) in [6.45, 7) is -0.687. The smallest absolute Gasteiger partial charge is 0.344 e. The van der Waals surface area contributed by atoms with Gasteiger partial charge in [0.25, 0.3) is 0 Å². The molecule has 3 rings (SSSR count). The molecule has 1 aliphatic heterocycles. The Labute approximate surface area is 162 Å². The molecule has 2 heterocycles. The molecular formula is C17H16ClNO9. The molecule has 2 aromatic rings. The summed E-state index contributed by atoms with van der Waals surface area (Å²) in [6.07, 6.45) is -6.99. The van der Waals surface area contributed by atoms with Crippen molar-refractivity contribution in [1.29, 1.82) is 0 Å². The highest BCUT2D eigenvalue weighted by Crippen LogP contribution is 2.28. The van der Waals surface area contributed by atoms with Gasteiger partial charge in [0.05, 0.1) is 22.7 Å². The number of aliphatic hydroxyl groups excluding tert-OH is 4. The molecule has 5 atom stereocenters. The van der Waals surface area contributed by atoms with Crippen LogP contribution in [0.4, 0.5) is 0 Å². The number of carboxylic acid groups (broad SMARTS) is 1. The van der Waals surface area contributed by atoms with Gasteiger partial charge in [0.2, 0.25) is 6.29 Å². The van der Waals surface area contributed by atoms with Gasteiger partial charge in [0.15, 0.2) is 0 Å². The Hall–Kier alpha value is -2.34. The van der Waals surface area contributed by atoms with E-state index in [0.717, 1.165) is 6.20 Å². The van der Waals surface area contributed by atoms with Crippen LogP contribution in [0.1, 0.15) is 20.7 Å². The monoisotopic (exact) mass is 413 g/mol. The Morgan fingerprint density at radius 3 is 2.54 bits per heavy atom. The second-order valence-corrected chi connectivity index (χ2v) is 6.53. The van der Waals surface area contributed by atoms with Gasteiger partial charge in [0.1, 0.15) is 30.0 Å². The van der Waals surface area contributed by atoms with Crippen molar-refractivity contribution in [2.75, 3.05) is 6.61 Å². The third kappa shape index (κ3) is 3.65. The summed E-state index contributed by atoms with van der Waals surface area (Å²) >= 11 is 6.07. The number of benzene rings is 1. The second kappa shape index (κ2) is 7.95. The van der Waals surface area contributed by atoms with Crippen molar-refractivity contribution in [3.05, 3.63) is 40.5 Å². The average molecular weight is 414 g/mol. The van der Waals surface area contributed by atoms with Crippen LogP contribution in [0, 0.1) is 0 Å². The largest absolute Gasteiger partial charge is 0.478 e. The molecule has 0 aliphatic carbocycles. The van der Waals surface area contributed by atoms with Crippen molar-refractivity contribution >= 4 is 34.4 Å². The van der Waals surface area contributed by atoms with Crippen LogP contribution >= 0.6 is 11.6 Å². The summed E-state index contributed by atoms with van der Waals surface area (Å²) < 4.78 is 10.2. The number of hydrogen-bond acceptors (Lipinski definition) is 9. The van der Waals surface area contributed by atoms with E-state index in [1.807, 2.05) is 0 Å². The maximum Gasteiger partial charge on any atom is 0.344 e. The number of aromatic nitrogens is 1. The number of carboxylic acids is 1. The van der Waals surface area contributed by atoms with E-state index < -0.39 is 49.3 Å². The lowest BCUT2D eigenvalue weighted by molar-refractivity contribution is -0.285. The number of carbonyl (C=O) groups excluding carboxylic acids is 1. The minimum absolute atomic E-state index is 0.0438. The van der Waals surface area contributed by atoms with Crippen LogP contribution in [0.3, 0.4) is 0 Å². The molecule has 10 nitrogen and oxygen atoms in total. The number of hydrogen-bond donors (Lipinski definition) is 5. The molecular weight excluding hydrogens is 398 g/mol. The van der Waals surface area contributed by atoms with E-state index in [1.165, 1.54) is 18.2 Å². The molecule has 1 aromatic heterocycles. The molecule has 150 valence electrons. The van der Waals surface area contributed by atoms with Crippen molar-refractivity contribution in [2.24, 2.45) is 0 Å². The third-order valence-corrected chi connectivity index (χ3v) is 4.64. The Morgan fingerprint density at radius 2 is 1.89 bits per heavy atom. The minimum Gasteiger partial charge on any atom is -0.478 e. The molecule has 11 heteroatoms. The molecule has 0 radical (unpaired) electrons. The molecule has 5 N–H and O–H groups in total. The summed E-state index contributed by atoms with van der Waals surface area (Å²) in [6, 6.07) is 4.12. The zero-order valence-corrected chi connectivity index (χ0v) is 14.9. The first-order chi connectivity index (χ1) is 13.2. The fourth-order valence-corrected chi connectivity index (χ4v) is 3.05. The summed E-state index contributed by atoms with van der Waals surface area (Å²) in [5, 5.41) is 48.1. The molecule has 1 aliphatic rings. The van der Waals surface area contributed by atoms with Crippen molar-refractivity contribution < 1.29 is 44.6 Å². The number of carbonyl (C=O) groups is 2. The van der Waals surface area contributed by atoms with Gasteiger partial charge in [-0.05, 0) is 12.1 Å². The predicted octanol–water partition coefficient (Wildman–Crippen LogP) is -0.457. The molecule has 0 bridgehead atoms. The second-order valence-electron chi connectivity index (χ2n) is 6.13. The maximum absolute atomic E-state index is 12.6. The van der Waals surface area contributed by atoms with Gasteiger partial charge >= 0.3 is 11.9 Å². The molecule has 0 spiro atoms. The van der Waals surface area contributed by atoms with Crippen LogP contribution in [-0.4, -0.2) is 79.8 Å². The van der Waals surface area contributed by atoms with E-state index in [0.29, 0.717) is 5.39 Å². The van der Waals surface area contributed by atoms with Crippen LogP contribution in [0.25, 0.3) is 10.9 Å². The van der Waals surface area contributed by atoms with Crippen molar-refractivity contribution in [3.8, 4) is 0 Å². The minimum atomic E-state index is -1.78. The highest BCUT2D eigenvalue weighted by molar-refractivity contribution is 6.35. The van der Waals surface area contributed by atoms with E-state index in [2.05, 4.69) is 4.98 Å². The lowest BCUT2D eigenvalue weighted by Crippen LogP contribution is -2.59. The normalized spacial score (nSPS) is 27.5. The Kier molecular flexibility index (Phi) is 5.79. The number of aliphatic hydroxyl groups is 4. The summed E-state index contributed by atoms with van der Waals surface area (Å²) in [5.41, 5.74) is -0.233. The highest BCUT2D eigenvalue weighted by atomic mass is 35.5. The molecule has 0 saturated carbocycles. The van der Waals surface area contributed by atoms with Gasteiger partial charge in [-0.15, -0.1) is 0 Å². The number of nitrogens with zero attached hydrogens (tertiary/aromatic N) is 1. The van der Waals surface area contributed by atoms with Gasteiger partial charge in [-0.1, -0.05) is 17.7 Å². The predicted molar refractivity (Wildman–Crippen MR) is 92.9 cm³/mol. The average Bonchev–Trinajstić information content (AvgIpc) is 2.67. The Balaban J connectivity index is 1.93. The standard InChI is InChI=1S/C17H16ClNO9/c18-8-2-1-6-3-7(15(24)25)4-19-11(6)10(8)16(26)28-17-14(23)13(22)12(21)9(5-20)27-17/h1-4,9,12-14,17,20-23H,5H2,(H,24,25)/t9-,12-,13+,14-,17+/m1/s1. The first-order valence-electron chi connectivity index (χ1n) is 8.07. The van der Waals surface area contributed by atoms with Gasteiger partial charge in [-0.2, -0.15) is 0 Å². The maximum atomic E-state index is 12.6. The quantitative estimate of drug-likeness (QED) is 0.414. The van der Waals surface area contributed by atoms with Crippen LogP contribution in [0.15, 0.2) is 24.4 Å². The number of esters is 1. The van der Waals surface area contributed by atoms with Gasteiger partial charge < -0.3 is 35.0 Å². The Bertz CT molecular complexity index is 919. The van der Waals surface area contributed by atoms with Gasteiger partial charge in [-0.25, -0.2) is 9.59 Å². The van der Waals surface area contributed by atoms with Crippen LogP contribution in [-0.2, 0) is 9.47 Å². The first-order valence-corrected chi connectivity index (χ1v) is 8.45. The molecule has 1 aromatic carbocycles. The SMILES string of the molecule is O=C(O)c1cnc2c(C(=O)O[C@@H]3O[C@H](CO)[C@@H](O)[C@H](O)[C@H]3O)c(Cl)ccc2c1. The van der Waals surface area contributed by atoms with Crippen molar-refractivity contribution in [3.63, 3.8) is 0 Å². The van der Waals surface area contributed by atoms with Crippen LogP contribution < -0.4 is 0 Å². The lowest BCUT2D eigenvalue weighted by Gasteiger charge is -2.39. The number of ether oxygens (including phenoxy) is 2. The highest BCUT2D eigenvalue weighted by Gasteiger charge is 2.45. The molecule has 1 fully saturated rings. The molecule has 0 unspecified atom stereocenters. The van der Waals surface area contributed by atoms with E-state index in [1.54, 1.807) is 0 Å². The fourth-order valence-electron chi connectivity index (χ4n) is 2.82. The summed E-state index contributed by atoms with van der Waals surface area (Å²) in [5.74, 6) is -2.26. The topological polar surface area (TPSA) is 167 Å². The van der Waals surface area contributed by atoms with Gasteiger partial charge in [0, 0.05) is 11.6 Å². The van der Waals surface area contributed by atoms with E-state index in [4.69, 9.17) is 26.2 Å². The zero-order valence-electron chi connectivity index (χ0n) is 14.1. The summed E-state index contributed by atoms with van der Waals surface area (Å²) in [7, 11) is 0. The third-order valence-electron chi connectivity index (χ3n) is 4.32. The molecule has 1 saturated heterocycles. The van der Waals surface area contributed by atoms with Crippen molar-refractivity contribution in [2.45, 2.75) is 30.7 Å². The number of pyridine rings is 1. The van der Waals surface area contributed by atoms with Crippen LogP contribution in [0.2, 0.25) is 5.02 Å². The van der Waals surface area contributed by atoms with Crippen molar-refractivity contribution in [1.82, 2.24) is 4.98 Å². The number of halogens is 1. The molecule has 28 heavy (non-hydrogen) atoms. The van der Waals surface area contributed by atoms with E-state index >= 15 is 0 Å². The number of aromatic carboxylic acids is 1. The zero-order chi connectivity index (χ0) is 20.6. The molecule has 0 amide bonds. The lowest BCUT2D eigenvalue weighted by atomic mass is 9.99. The number of rotatable bonds is 4. The fraction of sp³-hybridized carbons (Fsp3) is 0.353.